The molecule has 0 heterocycles. The minimum absolute atomic E-state index is 0.0993. The summed E-state index contributed by atoms with van der Waals surface area (Å²) in [5, 5.41) is 0. The molecule has 0 aromatic rings. The van der Waals surface area contributed by atoms with Crippen LogP contribution in [0.5, 0.6) is 0 Å². The average molecular weight is 162 g/mol. The predicted molar refractivity (Wildman–Crippen MR) is 35.3 cm³/mol. The normalized spacial score (nSPS) is 8.82. The van der Waals surface area contributed by atoms with E-state index in [4.69, 9.17) is 5.73 Å². The molecule has 0 aromatic carbocycles. The van der Waals surface area contributed by atoms with E-state index < -0.39 is 18.9 Å². The first-order valence-corrected chi connectivity index (χ1v) is 2.94. The number of hydrogen-bond acceptors (Lipinski definition) is 5. The monoisotopic (exact) mass is 162 g/mol. The Hall–Kier alpha value is -1.30. The molecule has 11 heavy (non-hydrogen) atoms. The minimum atomic E-state index is -0.981. The maximum Gasteiger partial charge on any atom is 0.407 e. The van der Waals surface area contributed by atoms with Gasteiger partial charge < -0.3 is 20.9 Å². The fraction of sp³-hybridized carbons (Fsp3) is 0.600. The van der Waals surface area contributed by atoms with Crippen molar-refractivity contribution in [2.75, 3.05) is 13.3 Å². The van der Waals surface area contributed by atoms with Crippen LogP contribution in [0, 0.1) is 0 Å². The third kappa shape index (κ3) is 6.59. The van der Waals surface area contributed by atoms with Gasteiger partial charge in [-0.3, -0.25) is 4.79 Å². The number of carbonyl (C=O) groups excluding carboxylic acids is 2. The van der Waals surface area contributed by atoms with Crippen LogP contribution in [0.1, 0.15) is 6.42 Å². The van der Waals surface area contributed by atoms with Gasteiger partial charge in [-0.15, -0.1) is 0 Å². The number of hydrogen-bond donors (Lipinski definition) is 2. The Morgan fingerprint density at radius 2 is 1.91 bits per heavy atom. The molecular weight excluding hydrogens is 152 g/mol. The SMILES string of the molecule is NCCC(=O)OCOC(N)=O. The highest BCUT2D eigenvalue weighted by Crippen LogP contribution is 1.84. The molecule has 6 nitrogen and oxygen atoms in total. The second-order valence-corrected chi connectivity index (χ2v) is 1.64. The van der Waals surface area contributed by atoms with Gasteiger partial charge in [0.05, 0.1) is 6.42 Å². The molecule has 0 spiro atoms. The third-order valence-electron chi connectivity index (χ3n) is 0.770. The molecule has 0 aliphatic rings. The number of primary amides is 1. The summed E-state index contributed by atoms with van der Waals surface area (Å²) in [5.74, 6) is -0.520. The number of rotatable bonds is 4. The molecule has 0 aromatic heterocycles. The molecule has 0 radical (unpaired) electrons. The zero-order chi connectivity index (χ0) is 8.69. The van der Waals surface area contributed by atoms with Gasteiger partial charge in [0.1, 0.15) is 0 Å². The van der Waals surface area contributed by atoms with E-state index in [-0.39, 0.29) is 13.0 Å². The molecule has 0 bridgehead atoms. The van der Waals surface area contributed by atoms with E-state index in [1.165, 1.54) is 0 Å². The Balaban J connectivity index is 3.24. The molecule has 6 heteroatoms. The van der Waals surface area contributed by atoms with Gasteiger partial charge in [0, 0.05) is 6.54 Å². The van der Waals surface area contributed by atoms with Crippen LogP contribution in [0.2, 0.25) is 0 Å². The predicted octanol–water partition coefficient (Wildman–Crippen LogP) is -1.07. The summed E-state index contributed by atoms with van der Waals surface area (Å²) < 4.78 is 8.47. The third-order valence-corrected chi connectivity index (χ3v) is 0.770. The Morgan fingerprint density at radius 3 is 2.36 bits per heavy atom. The zero-order valence-corrected chi connectivity index (χ0v) is 5.91. The van der Waals surface area contributed by atoms with E-state index >= 15 is 0 Å². The number of nitrogens with two attached hydrogens (primary N) is 2. The van der Waals surface area contributed by atoms with Gasteiger partial charge in [0.25, 0.3) is 0 Å². The van der Waals surface area contributed by atoms with E-state index in [0.29, 0.717) is 0 Å². The summed E-state index contributed by atoms with van der Waals surface area (Å²) in [4.78, 5) is 20.4. The molecule has 0 saturated carbocycles. The Labute approximate surface area is 63.4 Å². The van der Waals surface area contributed by atoms with Crippen LogP contribution in [-0.2, 0) is 14.3 Å². The number of carbonyl (C=O) groups is 2. The molecule has 0 unspecified atom stereocenters. The first-order chi connectivity index (χ1) is 5.16. The number of amides is 1. The Bertz CT molecular complexity index is 147. The van der Waals surface area contributed by atoms with E-state index in [2.05, 4.69) is 15.2 Å². The largest absolute Gasteiger partial charge is 0.428 e. The van der Waals surface area contributed by atoms with Crippen LogP contribution in [0.25, 0.3) is 0 Å². The topological polar surface area (TPSA) is 105 Å². The van der Waals surface area contributed by atoms with Gasteiger partial charge in [0.2, 0.25) is 6.79 Å². The highest BCUT2D eigenvalue weighted by atomic mass is 16.7. The van der Waals surface area contributed by atoms with Gasteiger partial charge in [-0.2, -0.15) is 0 Å². The van der Waals surface area contributed by atoms with Crippen LogP contribution in [0.3, 0.4) is 0 Å². The molecule has 4 N–H and O–H groups in total. The van der Waals surface area contributed by atoms with Crippen molar-refractivity contribution < 1.29 is 19.1 Å². The Kier molecular flexibility index (Phi) is 4.83. The molecule has 1 amide bonds. The van der Waals surface area contributed by atoms with Crippen molar-refractivity contribution >= 4 is 12.1 Å². The molecule has 0 saturated heterocycles. The second-order valence-electron chi connectivity index (χ2n) is 1.64. The highest BCUT2D eigenvalue weighted by molar-refractivity contribution is 5.69. The maximum absolute atomic E-state index is 10.5. The van der Waals surface area contributed by atoms with Crippen molar-refractivity contribution in [1.82, 2.24) is 0 Å². The van der Waals surface area contributed by atoms with E-state index in [0.717, 1.165) is 0 Å². The lowest BCUT2D eigenvalue weighted by Crippen LogP contribution is -2.18. The van der Waals surface area contributed by atoms with Crippen LogP contribution < -0.4 is 11.5 Å². The molecule has 0 fully saturated rings. The van der Waals surface area contributed by atoms with Gasteiger partial charge in [-0.1, -0.05) is 0 Å². The molecule has 0 atom stereocenters. The molecule has 0 aliphatic carbocycles. The average Bonchev–Trinajstić information content (AvgIpc) is 1.87. The van der Waals surface area contributed by atoms with Crippen molar-refractivity contribution in [2.24, 2.45) is 11.5 Å². The van der Waals surface area contributed by atoms with Crippen molar-refractivity contribution in [2.45, 2.75) is 6.42 Å². The van der Waals surface area contributed by atoms with Crippen molar-refractivity contribution in [3.05, 3.63) is 0 Å². The minimum Gasteiger partial charge on any atom is -0.428 e. The van der Waals surface area contributed by atoms with Crippen LogP contribution in [0.4, 0.5) is 4.79 Å². The number of esters is 1. The summed E-state index contributed by atoms with van der Waals surface area (Å²) in [6.07, 6.45) is -0.882. The van der Waals surface area contributed by atoms with Gasteiger partial charge in [0.15, 0.2) is 0 Å². The van der Waals surface area contributed by atoms with Crippen molar-refractivity contribution in [3.8, 4) is 0 Å². The first-order valence-electron chi connectivity index (χ1n) is 2.94. The second kappa shape index (κ2) is 5.48. The zero-order valence-electron chi connectivity index (χ0n) is 5.91. The van der Waals surface area contributed by atoms with Crippen LogP contribution in [0.15, 0.2) is 0 Å². The molecule has 0 aliphatic heterocycles. The van der Waals surface area contributed by atoms with Crippen molar-refractivity contribution in [3.63, 3.8) is 0 Å². The fourth-order valence-electron chi connectivity index (χ4n) is 0.343. The lowest BCUT2D eigenvalue weighted by molar-refractivity contribution is -0.151. The van der Waals surface area contributed by atoms with Gasteiger partial charge in [-0.05, 0) is 0 Å². The van der Waals surface area contributed by atoms with E-state index in [1.807, 2.05) is 0 Å². The summed E-state index contributed by atoms with van der Waals surface area (Å²) in [6.45, 7) is -0.246. The summed E-state index contributed by atoms with van der Waals surface area (Å²) in [6, 6.07) is 0. The van der Waals surface area contributed by atoms with Crippen LogP contribution >= 0.6 is 0 Å². The first kappa shape index (κ1) is 9.70. The standard InChI is InChI=1S/C5H10N2O4/c6-2-1-4(8)10-3-11-5(7)9/h1-3,6H2,(H2,7,9). The quantitative estimate of drug-likeness (QED) is 0.404. The van der Waals surface area contributed by atoms with Gasteiger partial charge >= 0.3 is 12.1 Å². The fourth-order valence-corrected chi connectivity index (χ4v) is 0.343. The molecule has 64 valence electrons. The lowest BCUT2D eigenvalue weighted by atomic mass is 10.4. The van der Waals surface area contributed by atoms with Crippen LogP contribution in [-0.4, -0.2) is 25.4 Å². The maximum atomic E-state index is 10.5. The van der Waals surface area contributed by atoms with E-state index in [9.17, 15) is 9.59 Å². The summed E-state index contributed by atoms with van der Waals surface area (Å²) in [5.41, 5.74) is 9.60. The Morgan fingerprint density at radius 1 is 1.27 bits per heavy atom. The summed E-state index contributed by atoms with van der Waals surface area (Å²) >= 11 is 0. The van der Waals surface area contributed by atoms with Gasteiger partial charge in [-0.25, -0.2) is 4.79 Å². The lowest BCUT2D eigenvalue weighted by Gasteiger charge is -2.01. The number of ether oxygens (including phenoxy) is 2. The summed E-state index contributed by atoms with van der Waals surface area (Å²) in [7, 11) is 0. The van der Waals surface area contributed by atoms with E-state index in [1.54, 1.807) is 0 Å². The smallest absolute Gasteiger partial charge is 0.407 e. The molecular formula is C5H10N2O4. The molecule has 0 rings (SSSR count). The van der Waals surface area contributed by atoms with Crippen molar-refractivity contribution in [1.29, 1.82) is 0 Å². The highest BCUT2D eigenvalue weighted by Gasteiger charge is 2.00.